The molecule has 0 spiro atoms. The molecule has 0 radical (unpaired) electrons. The standard InChI is InChI=1S/C28H38O18/c1-9-4-16(30)43-12-5-10(2-3-11(9)12)42-28-25(39)22(36)19(33)15(46-28)8-41-27-24(38)21(35)18(32)14(45-27)7-40-26-23(37)20(34)17(31)13(6-29)44-26/h2-5,13-15,17-29,31-39H,6-8H2,1H3/t13?,14?,15?,17-,18-,19-,20-,21-,22-,23?,24?,25?,26+,27+,28+/m0/s1. The van der Waals surface area contributed by atoms with Gasteiger partial charge < -0.3 is 83.9 Å². The van der Waals surface area contributed by atoms with Crippen molar-refractivity contribution in [2.24, 2.45) is 0 Å². The average Bonchev–Trinajstić information content (AvgIpc) is 3.03. The predicted octanol–water partition coefficient (Wildman–Crippen LogP) is -5.07. The van der Waals surface area contributed by atoms with Crippen molar-refractivity contribution in [1.82, 2.24) is 0 Å². The van der Waals surface area contributed by atoms with Gasteiger partial charge in [0.25, 0.3) is 0 Å². The maximum atomic E-state index is 11.8. The number of aliphatic hydroxyl groups excluding tert-OH is 10. The SMILES string of the molecule is Cc1cc(=O)oc2cc(O[C@@H]3OC(CO[C@@H]4OC(CO[C@@H]5OC(CO)[C@H](O)[C@H](O)C5O)[C@H](O)[C@H](O)C4O)[C@H](O)[C@H](O)C3O)ccc12. The van der Waals surface area contributed by atoms with E-state index in [1.165, 1.54) is 18.2 Å². The smallest absolute Gasteiger partial charge is 0.336 e. The van der Waals surface area contributed by atoms with Crippen LogP contribution in [0.4, 0.5) is 0 Å². The Kier molecular flexibility index (Phi) is 10.9. The number of ether oxygens (including phenoxy) is 6. The summed E-state index contributed by atoms with van der Waals surface area (Å²) < 4.78 is 38.2. The van der Waals surface area contributed by atoms with Crippen molar-refractivity contribution in [3.8, 4) is 5.75 Å². The second-order valence-corrected chi connectivity index (χ2v) is 11.4. The van der Waals surface area contributed by atoms with Crippen molar-refractivity contribution in [1.29, 1.82) is 0 Å². The monoisotopic (exact) mass is 662 g/mol. The van der Waals surface area contributed by atoms with Gasteiger partial charge in [-0.25, -0.2) is 4.79 Å². The Bertz CT molecular complexity index is 1370. The summed E-state index contributed by atoms with van der Waals surface area (Å²) in [6.45, 7) is -0.178. The molecule has 1 aromatic heterocycles. The first kappa shape index (κ1) is 35.0. The molecule has 46 heavy (non-hydrogen) atoms. The molecule has 0 aliphatic carbocycles. The molecule has 6 unspecified atom stereocenters. The second kappa shape index (κ2) is 14.4. The Balaban J connectivity index is 1.21. The summed E-state index contributed by atoms with van der Waals surface area (Å²) in [7, 11) is 0. The number of rotatable bonds is 9. The van der Waals surface area contributed by atoms with Gasteiger partial charge in [-0.2, -0.15) is 0 Å². The Morgan fingerprint density at radius 1 is 0.630 bits per heavy atom. The zero-order valence-electron chi connectivity index (χ0n) is 24.3. The van der Waals surface area contributed by atoms with Gasteiger partial charge in [0.1, 0.15) is 84.6 Å². The molecular formula is C28H38O18. The minimum absolute atomic E-state index is 0.0962. The molecule has 2 aromatic rings. The van der Waals surface area contributed by atoms with Gasteiger partial charge in [0.2, 0.25) is 6.29 Å². The van der Waals surface area contributed by atoms with Crippen LogP contribution in [0, 0.1) is 6.92 Å². The zero-order chi connectivity index (χ0) is 33.4. The van der Waals surface area contributed by atoms with Crippen molar-refractivity contribution < 1.29 is 83.9 Å². The molecule has 3 saturated heterocycles. The lowest BCUT2D eigenvalue weighted by atomic mass is 9.98. The lowest BCUT2D eigenvalue weighted by Gasteiger charge is -2.43. The molecule has 4 heterocycles. The highest BCUT2D eigenvalue weighted by Crippen LogP contribution is 2.30. The fourth-order valence-electron chi connectivity index (χ4n) is 5.44. The van der Waals surface area contributed by atoms with E-state index in [4.69, 9.17) is 32.8 Å². The van der Waals surface area contributed by atoms with Gasteiger partial charge in [-0.3, -0.25) is 0 Å². The van der Waals surface area contributed by atoms with Crippen LogP contribution in [0.1, 0.15) is 5.56 Å². The Hall–Kier alpha value is -2.37. The van der Waals surface area contributed by atoms with Gasteiger partial charge in [0.05, 0.1) is 19.8 Å². The third-order valence-electron chi connectivity index (χ3n) is 8.21. The molecule has 3 fully saturated rings. The number of aliphatic hydroxyl groups is 10. The van der Waals surface area contributed by atoms with Crippen LogP contribution >= 0.6 is 0 Å². The molecule has 1 aromatic carbocycles. The van der Waals surface area contributed by atoms with Crippen molar-refractivity contribution in [3.05, 3.63) is 40.2 Å². The number of hydrogen-bond acceptors (Lipinski definition) is 18. The van der Waals surface area contributed by atoms with E-state index < -0.39 is 118 Å². The van der Waals surface area contributed by atoms with Crippen LogP contribution in [0.5, 0.6) is 5.75 Å². The zero-order valence-corrected chi connectivity index (χ0v) is 24.3. The molecule has 0 saturated carbocycles. The van der Waals surface area contributed by atoms with Gasteiger partial charge in [-0.15, -0.1) is 0 Å². The van der Waals surface area contributed by atoms with Crippen LogP contribution < -0.4 is 10.4 Å². The fraction of sp³-hybridized carbons (Fsp3) is 0.679. The van der Waals surface area contributed by atoms with E-state index in [0.717, 1.165) is 0 Å². The van der Waals surface area contributed by atoms with Crippen molar-refractivity contribution in [2.45, 2.75) is 99.0 Å². The van der Waals surface area contributed by atoms with Gasteiger partial charge >= 0.3 is 5.63 Å². The van der Waals surface area contributed by atoms with Gasteiger partial charge in [-0.05, 0) is 24.6 Å². The maximum Gasteiger partial charge on any atom is 0.336 e. The third kappa shape index (κ3) is 7.06. The average molecular weight is 663 g/mol. The molecule has 0 amide bonds. The van der Waals surface area contributed by atoms with Crippen LogP contribution in [-0.4, -0.2) is 163 Å². The number of aryl methyl sites for hydroxylation is 1. The van der Waals surface area contributed by atoms with Crippen molar-refractivity contribution in [2.75, 3.05) is 19.8 Å². The van der Waals surface area contributed by atoms with Gasteiger partial charge in [0, 0.05) is 17.5 Å². The summed E-state index contributed by atoms with van der Waals surface area (Å²) in [5, 5.41) is 103. The minimum Gasteiger partial charge on any atom is -0.462 e. The number of benzene rings is 1. The summed E-state index contributed by atoms with van der Waals surface area (Å²) in [6, 6.07) is 5.83. The highest BCUT2D eigenvalue weighted by atomic mass is 16.7. The normalized spacial score (nSPS) is 41.8. The fourth-order valence-corrected chi connectivity index (χ4v) is 5.44. The molecule has 18 nitrogen and oxygen atoms in total. The Morgan fingerprint density at radius 2 is 1.11 bits per heavy atom. The molecule has 15 atom stereocenters. The highest BCUT2D eigenvalue weighted by molar-refractivity contribution is 5.81. The lowest BCUT2D eigenvalue weighted by Crippen LogP contribution is -2.63. The summed E-state index contributed by atoms with van der Waals surface area (Å²) in [5.41, 5.74) is 0.275. The molecule has 0 bridgehead atoms. The highest BCUT2D eigenvalue weighted by Gasteiger charge is 2.49. The molecule has 3 aliphatic heterocycles. The maximum absolute atomic E-state index is 11.8. The second-order valence-electron chi connectivity index (χ2n) is 11.4. The van der Waals surface area contributed by atoms with Crippen LogP contribution in [0.25, 0.3) is 11.0 Å². The minimum atomic E-state index is -1.83. The first-order valence-electron chi connectivity index (χ1n) is 14.4. The van der Waals surface area contributed by atoms with Gasteiger partial charge in [-0.1, -0.05) is 0 Å². The summed E-state index contributed by atoms with van der Waals surface area (Å²) in [6.07, 6.45) is -24.6. The van der Waals surface area contributed by atoms with E-state index in [0.29, 0.717) is 10.9 Å². The van der Waals surface area contributed by atoms with Crippen molar-refractivity contribution in [3.63, 3.8) is 0 Å². The van der Waals surface area contributed by atoms with Gasteiger partial charge in [0.15, 0.2) is 12.6 Å². The summed E-state index contributed by atoms with van der Waals surface area (Å²) in [5.74, 6) is 0.0962. The number of hydrogen-bond donors (Lipinski definition) is 10. The molecule has 18 heteroatoms. The van der Waals surface area contributed by atoms with Crippen molar-refractivity contribution >= 4 is 11.0 Å². The van der Waals surface area contributed by atoms with E-state index in [9.17, 15) is 55.9 Å². The summed E-state index contributed by atoms with van der Waals surface area (Å²) >= 11 is 0. The third-order valence-corrected chi connectivity index (χ3v) is 8.21. The molecule has 3 aliphatic rings. The van der Waals surface area contributed by atoms with Crippen LogP contribution in [0.15, 0.2) is 33.5 Å². The number of fused-ring (bicyclic) bond motifs is 1. The van der Waals surface area contributed by atoms with Crippen LogP contribution in [0.2, 0.25) is 0 Å². The summed E-state index contributed by atoms with van der Waals surface area (Å²) in [4.78, 5) is 11.8. The molecule has 258 valence electrons. The van der Waals surface area contributed by atoms with E-state index >= 15 is 0 Å². The van der Waals surface area contributed by atoms with E-state index in [1.807, 2.05) is 0 Å². The van der Waals surface area contributed by atoms with Crippen LogP contribution in [0.3, 0.4) is 0 Å². The van der Waals surface area contributed by atoms with E-state index in [2.05, 4.69) is 0 Å². The predicted molar refractivity (Wildman–Crippen MR) is 147 cm³/mol. The quantitative estimate of drug-likeness (QED) is 0.112. The molecule has 5 rings (SSSR count). The Morgan fingerprint density at radius 3 is 1.65 bits per heavy atom. The molecule has 10 N–H and O–H groups in total. The topological polar surface area (TPSA) is 288 Å². The van der Waals surface area contributed by atoms with Crippen LogP contribution in [-0.2, 0) is 23.7 Å². The van der Waals surface area contributed by atoms with E-state index in [1.54, 1.807) is 13.0 Å². The first-order chi connectivity index (χ1) is 21.8. The molecular weight excluding hydrogens is 624 g/mol. The lowest BCUT2D eigenvalue weighted by molar-refractivity contribution is -0.339. The van der Waals surface area contributed by atoms with E-state index in [-0.39, 0.29) is 11.3 Å². The first-order valence-corrected chi connectivity index (χ1v) is 14.4. The largest absolute Gasteiger partial charge is 0.462 e. The Labute approximate surface area is 260 Å².